The highest BCUT2D eigenvalue weighted by Gasteiger charge is 2.24. The monoisotopic (exact) mass is 582 g/mol. The average molecular weight is 583 g/mol. The van der Waals surface area contributed by atoms with Gasteiger partial charge in [-0.3, -0.25) is 0 Å². The predicted molar refractivity (Wildman–Crippen MR) is 172 cm³/mol. The highest BCUT2D eigenvalue weighted by Crippen LogP contribution is 2.36. The number of benzene rings is 6. The Kier molecular flexibility index (Phi) is 7.82. The van der Waals surface area contributed by atoms with Crippen molar-refractivity contribution < 1.29 is 17.9 Å². The Hall–Kier alpha value is -5.13. The van der Waals surface area contributed by atoms with Gasteiger partial charge < -0.3 is 9.47 Å². The standard InChI is InChI=1S/C38H30O4S/c1-27-35(29-19-23-33(24-20-29)41-31-11-5-3-6-12-31)15-9-17-37(27)43(39,40)38-18-10-16-36(28(38)2)30-21-25-34(26-22-30)42-32-13-7-4-8-14-32/h3-26H,1-2H3. The second kappa shape index (κ2) is 12.0. The predicted octanol–water partition coefficient (Wildman–Crippen LogP) is 10.1. The number of ether oxygens (including phenoxy) is 2. The Labute approximate surface area is 252 Å². The van der Waals surface area contributed by atoms with E-state index in [1.165, 1.54) is 0 Å². The van der Waals surface area contributed by atoms with Gasteiger partial charge in [0, 0.05) is 0 Å². The molecule has 0 amide bonds. The maximum Gasteiger partial charge on any atom is 0.207 e. The van der Waals surface area contributed by atoms with Gasteiger partial charge in [-0.25, -0.2) is 8.42 Å². The van der Waals surface area contributed by atoms with Gasteiger partial charge in [0.25, 0.3) is 0 Å². The van der Waals surface area contributed by atoms with E-state index in [0.29, 0.717) is 32.4 Å². The van der Waals surface area contributed by atoms with Gasteiger partial charge in [-0.1, -0.05) is 84.9 Å². The first kappa shape index (κ1) is 28.0. The topological polar surface area (TPSA) is 52.6 Å². The summed E-state index contributed by atoms with van der Waals surface area (Å²) in [5, 5.41) is 0. The van der Waals surface area contributed by atoms with Crippen molar-refractivity contribution in [2.24, 2.45) is 0 Å². The largest absolute Gasteiger partial charge is 0.457 e. The summed E-state index contributed by atoms with van der Waals surface area (Å²) in [6, 6.07) is 45.4. The number of hydrogen-bond acceptors (Lipinski definition) is 4. The summed E-state index contributed by atoms with van der Waals surface area (Å²) in [7, 11) is -3.81. The van der Waals surface area contributed by atoms with E-state index in [-0.39, 0.29) is 0 Å². The first-order valence-electron chi connectivity index (χ1n) is 14.0. The van der Waals surface area contributed by atoms with Crippen LogP contribution in [0.4, 0.5) is 0 Å². The van der Waals surface area contributed by atoms with E-state index in [0.717, 1.165) is 33.8 Å². The van der Waals surface area contributed by atoms with Crippen LogP contribution in [-0.2, 0) is 9.84 Å². The van der Waals surface area contributed by atoms with Crippen LogP contribution in [0.25, 0.3) is 22.3 Å². The van der Waals surface area contributed by atoms with Crippen LogP contribution in [0.3, 0.4) is 0 Å². The van der Waals surface area contributed by atoms with Crippen molar-refractivity contribution in [3.63, 3.8) is 0 Å². The first-order valence-corrected chi connectivity index (χ1v) is 15.5. The first-order chi connectivity index (χ1) is 20.9. The maximum atomic E-state index is 14.1. The third-order valence-electron chi connectivity index (χ3n) is 7.44. The summed E-state index contributed by atoms with van der Waals surface area (Å²) >= 11 is 0. The van der Waals surface area contributed by atoms with Crippen LogP contribution in [0.1, 0.15) is 11.1 Å². The molecule has 0 aliphatic rings. The van der Waals surface area contributed by atoms with Crippen LogP contribution in [0.15, 0.2) is 155 Å². The van der Waals surface area contributed by atoms with E-state index >= 15 is 0 Å². The summed E-state index contributed by atoms with van der Waals surface area (Å²) in [6.45, 7) is 3.72. The Morgan fingerprint density at radius 2 is 0.744 bits per heavy atom. The summed E-state index contributed by atoms with van der Waals surface area (Å²) in [4.78, 5) is 0.586. The molecule has 0 bridgehead atoms. The Bertz CT molecular complexity index is 1830. The van der Waals surface area contributed by atoms with Crippen molar-refractivity contribution in [2.45, 2.75) is 23.6 Å². The molecule has 0 saturated carbocycles. The number of para-hydroxylation sites is 2. The Balaban J connectivity index is 1.28. The molecule has 6 aromatic rings. The van der Waals surface area contributed by atoms with Gasteiger partial charge >= 0.3 is 0 Å². The molecule has 0 saturated heterocycles. The normalized spacial score (nSPS) is 11.2. The summed E-state index contributed by atoms with van der Waals surface area (Å²) in [5.74, 6) is 2.94. The lowest BCUT2D eigenvalue weighted by Crippen LogP contribution is -2.07. The molecule has 4 nitrogen and oxygen atoms in total. The highest BCUT2D eigenvalue weighted by atomic mass is 32.2. The molecule has 0 aliphatic heterocycles. The van der Waals surface area contributed by atoms with Crippen molar-refractivity contribution in [2.75, 3.05) is 0 Å². The van der Waals surface area contributed by atoms with Gasteiger partial charge in [0.1, 0.15) is 23.0 Å². The van der Waals surface area contributed by atoms with Gasteiger partial charge in [-0.2, -0.15) is 0 Å². The van der Waals surface area contributed by atoms with Crippen molar-refractivity contribution in [1.82, 2.24) is 0 Å². The third-order valence-corrected chi connectivity index (χ3v) is 9.48. The van der Waals surface area contributed by atoms with Crippen molar-refractivity contribution in [1.29, 1.82) is 0 Å². The molecule has 6 rings (SSSR count). The lowest BCUT2D eigenvalue weighted by molar-refractivity contribution is 0.482. The summed E-state index contributed by atoms with van der Waals surface area (Å²) < 4.78 is 40.1. The average Bonchev–Trinajstić information content (AvgIpc) is 3.03. The lowest BCUT2D eigenvalue weighted by Gasteiger charge is -2.16. The zero-order valence-corrected chi connectivity index (χ0v) is 24.7. The summed E-state index contributed by atoms with van der Waals surface area (Å²) in [6.07, 6.45) is 0. The molecule has 43 heavy (non-hydrogen) atoms. The Morgan fingerprint density at radius 1 is 0.395 bits per heavy atom. The van der Waals surface area contributed by atoms with Crippen LogP contribution < -0.4 is 9.47 Å². The SMILES string of the molecule is Cc1c(-c2ccc(Oc3ccccc3)cc2)cccc1S(=O)(=O)c1cccc(-c2ccc(Oc3ccccc3)cc2)c1C. The minimum absolute atomic E-state index is 0.293. The molecule has 0 aliphatic carbocycles. The molecule has 0 fully saturated rings. The Morgan fingerprint density at radius 3 is 1.12 bits per heavy atom. The van der Waals surface area contributed by atoms with E-state index in [1.54, 1.807) is 24.3 Å². The smallest absolute Gasteiger partial charge is 0.207 e. The molecule has 0 heterocycles. The van der Waals surface area contributed by atoms with E-state index < -0.39 is 9.84 Å². The zero-order valence-electron chi connectivity index (χ0n) is 23.9. The van der Waals surface area contributed by atoms with Gasteiger partial charge in [0.15, 0.2) is 0 Å². The summed E-state index contributed by atoms with van der Waals surface area (Å²) in [5.41, 5.74) is 4.94. The quantitative estimate of drug-likeness (QED) is 0.179. The van der Waals surface area contributed by atoms with Crippen LogP contribution in [0, 0.1) is 13.8 Å². The van der Waals surface area contributed by atoms with Gasteiger partial charge in [0.2, 0.25) is 9.84 Å². The molecule has 0 N–H and O–H groups in total. The second-order valence-electron chi connectivity index (χ2n) is 10.2. The second-order valence-corrected chi connectivity index (χ2v) is 12.1. The molecular formula is C38H30O4S. The fourth-order valence-electron chi connectivity index (χ4n) is 5.21. The van der Waals surface area contributed by atoms with E-state index in [4.69, 9.17) is 9.47 Å². The number of hydrogen-bond donors (Lipinski definition) is 0. The molecule has 0 unspecified atom stereocenters. The molecule has 0 spiro atoms. The van der Waals surface area contributed by atoms with Crippen LogP contribution in [0.2, 0.25) is 0 Å². The fraction of sp³-hybridized carbons (Fsp3) is 0.0526. The van der Waals surface area contributed by atoms with E-state index in [2.05, 4.69) is 0 Å². The minimum Gasteiger partial charge on any atom is -0.457 e. The van der Waals surface area contributed by atoms with Crippen molar-refractivity contribution in [3.05, 3.63) is 157 Å². The lowest BCUT2D eigenvalue weighted by atomic mass is 10.0. The van der Waals surface area contributed by atoms with Crippen LogP contribution in [0.5, 0.6) is 23.0 Å². The van der Waals surface area contributed by atoms with Gasteiger partial charge in [0.05, 0.1) is 9.79 Å². The van der Waals surface area contributed by atoms with Crippen LogP contribution >= 0.6 is 0 Å². The van der Waals surface area contributed by atoms with Gasteiger partial charge in [-0.15, -0.1) is 0 Å². The van der Waals surface area contributed by atoms with E-state index in [1.807, 2.05) is 135 Å². The van der Waals surface area contributed by atoms with E-state index in [9.17, 15) is 8.42 Å². The molecule has 6 aromatic carbocycles. The number of rotatable bonds is 8. The van der Waals surface area contributed by atoms with Gasteiger partial charge in [-0.05, 0) is 108 Å². The maximum absolute atomic E-state index is 14.1. The minimum atomic E-state index is -3.81. The molecule has 212 valence electrons. The molecule has 0 aromatic heterocycles. The fourth-order valence-corrected chi connectivity index (χ4v) is 6.99. The van der Waals surface area contributed by atoms with Crippen LogP contribution in [-0.4, -0.2) is 8.42 Å². The molecule has 0 radical (unpaired) electrons. The highest BCUT2D eigenvalue weighted by molar-refractivity contribution is 7.91. The molecule has 0 atom stereocenters. The molecule has 5 heteroatoms. The van der Waals surface area contributed by atoms with Crippen molar-refractivity contribution in [3.8, 4) is 45.3 Å². The molecular weight excluding hydrogens is 552 g/mol. The van der Waals surface area contributed by atoms with Crippen molar-refractivity contribution >= 4 is 9.84 Å². The number of sulfone groups is 1. The zero-order chi connectivity index (χ0) is 29.8. The third kappa shape index (κ3) is 5.94.